The second-order valence-corrected chi connectivity index (χ2v) is 9.79. The number of nitrogens with zero attached hydrogens (tertiary/aromatic N) is 4. The van der Waals surface area contributed by atoms with Crippen molar-refractivity contribution in [3.05, 3.63) is 41.6 Å². The summed E-state index contributed by atoms with van der Waals surface area (Å²) in [6, 6.07) is 8.17. The Morgan fingerprint density at radius 1 is 1.00 bits per heavy atom. The molecule has 1 atom stereocenters. The van der Waals surface area contributed by atoms with E-state index >= 15 is 0 Å². The fourth-order valence-corrected chi connectivity index (χ4v) is 4.80. The number of nitrogens with one attached hydrogen (secondary N) is 1. The molecule has 1 aliphatic carbocycles. The van der Waals surface area contributed by atoms with Gasteiger partial charge in [0.2, 0.25) is 0 Å². The van der Waals surface area contributed by atoms with E-state index in [0.717, 1.165) is 25.6 Å². The molecule has 5 rings (SSSR count). The van der Waals surface area contributed by atoms with Crippen LogP contribution in [-0.4, -0.2) is 61.4 Å². The van der Waals surface area contributed by atoms with E-state index in [1.165, 1.54) is 25.0 Å². The van der Waals surface area contributed by atoms with Crippen LogP contribution in [0, 0.1) is 5.41 Å². The average molecular weight is 490 g/mol. The molecule has 1 unspecified atom stereocenters. The Morgan fingerprint density at radius 2 is 1.71 bits per heavy atom. The fourth-order valence-electron chi connectivity index (χ4n) is 4.80. The highest BCUT2D eigenvalue weighted by Crippen LogP contribution is 2.54. The SMILES string of the molecule is CC(c1ccc(C(=O)Nc2cccc(N3CCOCC3)n2)c(N2CCC3(CC2)CC3)n1)C(F)(F)F. The van der Waals surface area contributed by atoms with Crippen LogP contribution in [0.3, 0.4) is 0 Å². The summed E-state index contributed by atoms with van der Waals surface area (Å²) in [5, 5.41) is 2.83. The second kappa shape index (κ2) is 9.29. The van der Waals surface area contributed by atoms with Crippen molar-refractivity contribution in [1.82, 2.24) is 9.97 Å². The van der Waals surface area contributed by atoms with E-state index in [-0.39, 0.29) is 11.3 Å². The molecule has 2 aromatic rings. The minimum absolute atomic E-state index is 0.0804. The van der Waals surface area contributed by atoms with Crippen molar-refractivity contribution < 1.29 is 22.7 Å². The molecule has 3 aliphatic rings. The lowest BCUT2D eigenvalue weighted by Gasteiger charge is -2.34. The summed E-state index contributed by atoms with van der Waals surface area (Å²) >= 11 is 0. The Balaban J connectivity index is 1.40. The molecule has 10 heteroatoms. The number of hydrogen-bond donors (Lipinski definition) is 1. The Bertz CT molecular complexity index is 1070. The molecular formula is C25H30F3N5O2. The molecule has 35 heavy (non-hydrogen) atoms. The first kappa shape index (κ1) is 23.8. The number of rotatable bonds is 5. The van der Waals surface area contributed by atoms with Crippen LogP contribution >= 0.6 is 0 Å². The molecule has 1 amide bonds. The molecule has 1 spiro atoms. The number of alkyl halides is 3. The second-order valence-electron chi connectivity index (χ2n) is 9.79. The number of morpholine rings is 1. The van der Waals surface area contributed by atoms with Crippen LogP contribution in [0.15, 0.2) is 30.3 Å². The van der Waals surface area contributed by atoms with Gasteiger partial charge in [-0.25, -0.2) is 9.97 Å². The van der Waals surface area contributed by atoms with E-state index in [2.05, 4.69) is 20.2 Å². The summed E-state index contributed by atoms with van der Waals surface area (Å²) in [5.41, 5.74) is 0.566. The first-order valence-corrected chi connectivity index (χ1v) is 12.2. The Kier molecular flexibility index (Phi) is 6.33. The summed E-state index contributed by atoms with van der Waals surface area (Å²) in [6.45, 7) is 5.13. The van der Waals surface area contributed by atoms with E-state index in [9.17, 15) is 18.0 Å². The number of amides is 1. The molecule has 2 saturated heterocycles. The number of halogens is 3. The number of ether oxygens (including phenoxy) is 1. The van der Waals surface area contributed by atoms with E-state index in [0.29, 0.717) is 56.4 Å². The number of anilines is 3. The van der Waals surface area contributed by atoms with Crippen LogP contribution in [-0.2, 0) is 4.74 Å². The normalized spacial score (nSPS) is 20.6. The summed E-state index contributed by atoms with van der Waals surface area (Å²) in [5.74, 6) is -0.712. The Morgan fingerprint density at radius 3 is 2.37 bits per heavy atom. The minimum Gasteiger partial charge on any atom is -0.378 e. The van der Waals surface area contributed by atoms with Gasteiger partial charge in [0, 0.05) is 26.2 Å². The van der Waals surface area contributed by atoms with E-state index in [1.807, 2.05) is 17.0 Å². The van der Waals surface area contributed by atoms with Crippen molar-refractivity contribution in [3.63, 3.8) is 0 Å². The third-order valence-corrected chi connectivity index (χ3v) is 7.47. The summed E-state index contributed by atoms with van der Waals surface area (Å²) in [4.78, 5) is 26.3. The van der Waals surface area contributed by atoms with E-state index < -0.39 is 18.0 Å². The zero-order valence-electron chi connectivity index (χ0n) is 19.8. The summed E-state index contributed by atoms with van der Waals surface area (Å²) in [6.07, 6.45) is -0.0520. The Hall–Kier alpha value is -2.88. The van der Waals surface area contributed by atoms with Gasteiger partial charge in [-0.15, -0.1) is 0 Å². The topological polar surface area (TPSA) is 70.6 Å². The van der Waals surface area contributed by atoms with Gasteiger partial charge in [-0.1, -0.05) is 6.07 Å². The van der Waals surface area contributed by atoms with Gasteiger partial charge in [-0.05, 0) is 62.3 Å². The quantitative estimate of drug-likeness (QED) is 0.662. The standard InChI is InChI=1S/C25H30F3N5O2/c1-17(25(26,27)28)19-6-5-18(22(29-19)33-11-9-24(7-8-24)10-12-33)23(34)31-20-3-2-4-21(30-20)32-13-15-35-16-14-32/h2-6,17H,7-16H2,1H3,(H,30,31,34). The molecule has 4 heterocycles. The van der Waals surface area contributed by atoms with Crippen LogP contribution in [0.4, 0.5) is 30.6 Å². The first-order chi connectivity index (χ1) is 16.7. The average Bonchev–Trinajstić information content (AvgIpc) is 3.62. The molecule has 1 N–H and O–H groups in total. The lowest BCUT2D eigenvalue weighted by atomic mass is 9.93. The number of carbonyl (C=O) groups excluding carboxylic acids is 1. The molecule has 188 valence electrons. The van der Waals surface area contributed by atoms with Gasteiger partial charge in [0.25, 0.3) is 5.91 Å². The summed E-state index contributed by atoms with van der Waals surface area (Å²) in [7, 11) is 0. The highest BCUT2D eigenvalue weighted by atomic mass is 19.4. The van der Waals surface area contributed by atoms with E-state index in [4.69, 9.17) is 4.74 Å². The highest BCUT2D eigenvalue weighted by Gasteiger charge is 2.45. The number of hydrogen-bond acceptors (Lipinski definition) is 6. The van der Waals surface area contributed by atoms with Crippen molar-refractivity contribution in [2.24, 2.45) is 5.41 Å². The molecule has 0 bridgehead atoms. The number of piperidine rings is 1. The van der Waals surface area contributed by atoms with Gasteiger partial charge >= 0.3 is 6.18 Å². The maximum atomic E-state index is 13.4. The highest BCUT2D eigenvalue weighted by molar-refractivity contribution is 6.07. The van der Waals surface area contributed by atoms with Crippen molar-refractivity contribution in [2.75, 3.05) is 54.5 Å². The predicted molar refractivity (Wildman–Crippen MR) is 127 cm³/mol. The van der Waals surface area contributed by atoms with Crippen LogP contribution in [0.2, 0.25) is 0 Å². The van der Waals surface area contributed by atoms with Gasteiger partial charge in [-0.2, -0.15) is 13.2 Å². The van der Waals surface area contributed by atoms with Crippen molar-refractivity contribution >= 4 is 23.4 Å². The van der Waals surface area contributed by atoms with Crippen molar-refractivity contribution in [1.29, 1.82) is 0 Å². The minimum atomic E-state index is -4.40. The van der Waals surface area contributed by atoms with Crippen molar-refractivity contribution in [2.45, 2.75) is 44.7 Å². The summed E-state index contributed by atoms with van der Waals surface area (Å²) < 4.78 is 45.6. The van der Waals surface area contributed by atoms with Crippen LogP contribution in [0.25, 0.3) is 0 Å². The largest absolute Gasteiger partial charge is 0.396 e. The zero-order chi connectivity index (χ0) is 24.6. The molecule has 7 nitrogen and oxygen atoms in total. The molecular weight excluding hydrogens is 459 g/mol. The van der Waals surface area contributed by atoms with E-state index in [1.54, 1.807) is 6.07 Å². The van der Waals surface area contributed by atoms with Gasteiger partial charge in [0.1, 0.15) is 17.5 Å². The van der Waals surface area contributed by atoms with Gasteiger partial charge in [0.05, 0.1) is 30.4 Å². The third-order valence-electron chi connectivity index (χ3n) is 7.47. The van der Waals surface area contributed by atoms with Crippen LogP contribution in [0.5, 0.6) is 0 Å². The molecule has 2 aliphatic heterocycles. The van der Waals surface area contributed by atoms with Crippen LogP contribution < -0.4 is 15.1 Å². The maximum absolute atomic E-state index is 13.4. The Labute approximate surface area is 202 Å². The maximum Gasteiger partial charge on any atom is 0.396 e. The van der Waals surface area contributed by atoms with Crippen LogP contribution in [0.1, 0.15) is 54.6 Å². The lowest BCUT2D eigenvalue weighted by Crippen LogP contribution is -2.37. The smallest absolute Gasteiger partial charge is 0.378 e. The third kappa shape index (κ3) is 5.22. The molecule has 0 radical (unpaired) electrons. The van der Waals surface area contributed by atoms with Crippen molar-refractivity contribution in [3.8, 4) is 0 Å². The number of aromatic nitrogens is 2. The molecule has 1 saturated carbocycles. The zero-order valence-corrected chi connectivity index (χ0v) is 19.8. The first-order valence-electron chi connectivity index (χ1n) is 12.2. The lowest BCUT2D eigenvalue weighted by molar-refractivity contribution is -0.147. The monoisotopic (exact) mass is 489 g/mol. The van der Waals surface area contributed by atoms with Gasteiger partial charge in [-0.3, -0.25) is 4.79 Å². The number of pyridine rings is 2. The fraction of sp³-hybridized carbons (Fsp3) is 0.560. The molecule has 2 aromatic heterocycles. The van der Waals surface area contributed by atoms with Gasteiger partial charge in [0.15, 0.2) is 0 Å². The number of carbonyl (C=O) groups is 1. The van der Waals surface area contributed by atoms with Gasteiger partial charge < -0.3 is 19.9 Å². The predicted octanol–water partition coefficient (Wildman–Crippen LogP) is 4.61. The molecule has 0 aromatic carbocycles. The molecule has 3 fully saturated rings.